The number of rotatable bonds is 4. The zero-order valence-corrected chi connectivity index (χ0v) is 16.2. The number of hydrogen-bond donors (Lipinski definition) is 2. The highest BCUT2D eigenvalue weighted by molar-refractivity contribution is 7.17. The summed E-state index contributed by atoms with van der Waals surface area (Å²) in [6, 6.07) is 17.2. The predicted octanol–water partition coefficient (Wildman–Crippen LogP) is 4.35. The van der Waals surface area contributed by atoms with Gasteiger partial charge in [0.2, 0.25) is 5.95 Å². The van der Waals surface area contributed by atoms with Crippen LogP contribution in [0.1, 0.15) is 15.2 Å². The van der Waals surface area contributed by atoms with Gasteiger partial charge in [-0.3, -0.25) is 15.2 Å². The van der Waals surface area contributed by atoms with Gasteiger partial charge in [-0.1, -0.05) is 24.3 Å². The molecule has 0 atom stereocenters. The number of amides is 1. The van der Waals surface area contributed by atoms with Gasteiger partial charge in [0.25, 0.3) is 5.91 Å². The second kappa shape index (κ2) is 7.06. The van der Waals surface area contributed by atoms with Crippen LogP contribution in [0.5, 0.6) is 11.5 Å². The molecule has 144 valence electrons. The molecule has 0 unspecified atom stereocenters. The molecule has 3 heterocycles. The Labute approximate surface area is 170 Å². The first-order valence-electron chi connectivity index (χ1n) is 8.95. The van der Waals surface area contributed by atoms with E-state index >= 15 is 0 Å². The molecule has 0 spiro atoms. The molecular formula is C21H16N4O3S. The van der Waals surface area contributed by atoms with E-state index in [0.29, 0.717) is 23.1 Å². The lowest BCUT2D eigenvalue weighted by Gasteiger charge is -2.16. The average Bonchev–Trinajstić information content (AvgIpc) is 3.41. The number of para-hydroxylation sites is 2. The van der Waals surface area contributed by atoms with Crippen molar-refractivity contribution in [1.29, 1.82) is 0 Å². The predicted molar refractivity (Wildman–Crippen MR) is 110 cm³/mol. The van der Waals surface area contributed by atoms with Crippen LogP contribution in [0.25, 0.3) is 21.8 Å². The Morgan fingerprint density at radius 1 is 1.17 bits per heavy atom. The monoisotopic (exact) mass is 404 g/mol. The molecule has 1 amide bonds. The molecule has 0 saturated heterocycles. The molecule has 7 nitrogen and oxygen atoms in total. The van der Waals surface area contributed by atoms with Crippen molar-refractivity contribution in [2.75, 3.05) is 12.4 Å². The van der Waals surface area contributed by atoms with Gasteiger partial charge in [0, 0.05) is 16.0 Å². The molecule has 0 aliphatic carbocycles. The van der Waals surface area contributed by atoms with Gasteiger partial charge < -0.3 is 9.47 Å². The van der Waals surface area contributed by atoms with Crippen molar-refractivity contribution in [3.8, 4) is 33.3 Å². The van der Waals surface area contributed by atoms with Crippen LogP contribution in [-0.2, 0) is 6.61 Å². The average molecular weight is 404 g/mol. The number of carbonyl (C=O) groups is 1. The molecule has 1 aliphatic rings. The van der Waals surface area contributed by atoms with E-state index in [1.54, 1.807) is 7.11 Å². The van der Waals surface area contributed by atoms with Crippen LogP contribution in [0, 0.1) is 0 Å². The normalized spacial score (nSPS) is 11.9. The van der Waals surface area contributed by atoms with Crippen molar-refractivity contribution >= 4 is 23.2 Å². The van der Waals surface area contributed by atoms with Crippen molar-refractivity contribution in [2.45, 2.75) is 6.61 Å². The highest BCUT2D eigenvalue weighted by Crippen LogP contribution is 2.42. The van der Waals surface area contributed by atoms with Crippen molar-refractivity contribution in [1.82, 2.24) is 15.2 Å². The maximum absolute atomic E-state index is 12.8. The standard InChI is InChI=1S/C21H16N4O3S/c1-27-15-8-4-3-7-14(15)19-22-21(25-24-19)23-20(26)17-10-12-11-28-16-9-5-2-6-13(16)18(12)29-17/h2-10H,11H2,1H3,(H2,22,23,24,25,26). The first kappa shape index (κ1) is 17.4. The van der Waals surface area contributed by atoms with Gasteiger partial charge in [-0.15, -0.1) is 16.4 Å². The minimum atomic E-state index is -0.257. The number of anilines is 1. The summed E-state index contributed by atoms with van der Waals surface area (Å²) in [6.07, 6.45) is 0. The van der Waals surface area contributed by atoms with E-state index < -0.39 is 0 Å². The largest absolute Gasteiger partial charge is 0.496 e. The Balaban J connectivity index is 1.39. The maximum atomic E-state index is 12.8. The third-order valence-electron chi connectivity index (χ3n) is 4.62. The molecule has 0 bridgehead atoms. The van der Waals surface area contributed by atoms with Crippen LogP contribution >= 0.6 is 11.3 Å². The van der Waals surface area contributed by atoms with E-state index in [1.807, 2.05) is 54.6 Å². The van der Waals surface area contributed by atoms with Crippen LogP contribution in [0.2, 0.25) is 0 Å². The SMILES string of the molecule is COc1ccccc1-c1nc(NC(=O)c2cc3c(s2)-c2ccccc2OC3)n[nH]1. The van der Waals surface area contributed by atoms with Crippen molar-refractivity contribution in [3.63, 3.8) is 0 Å². The highest BCUT2D eigenvalue weighted by atomic mass is 32.1. The molecule has 29 heavy (non-hydrogen) atoms. The molecule has 4 aromatic rings. The number of carbonyl (C=O) groups excluding carboxylic acids is 1. The lowest BCUT2D eigenvalue weighted by Crippen LogP contribution is -2.11. The minimum absolute atomic E-state index is 0.207. The molecular weight excluding hydrogens is 388 g/mol. The number of aromatic amines is 1. The van der Waals surface area contributed by atoms with E-state index in [0.717, 1.165) is 27.3 Å². The maximum Gasteiger partial charge on any atom is 0.268 e. The summed E-state index contributed by atoms with van der Waals surface area (Å²) in [5, 5.41) is 9.71. The fraction of sp³-hybridized carbons (Fsp3) is 0.0952. The molecule has 2 N–H and O–H groups in total. The van der Waals surface area contributed by atoms with E-state index in [9.17, 15) is 4.79 Å². The van der Waals surface area contributed by atoms with E-state index in [1.165, 1.54) is 11.3 Å². The van der Waals surface area contributed by atoms with Crippen LogP contribution < -0.4 is 14.8 Å². The van der Waals surface area contributed by atoms with E-state index in [2.05, 4.69) is 20.5 Å². The second-order valence-corrected chi connectivity index (χ2v) is 7.46. The van der Waals surface area contributed by atoms with Crippen LogP contribution in [0.3, 0.4) is 0 Å². The summed E-state index contributed by atoms with van der Waals surface area (Å²) < 4.78 is 11.1. The summed E-state index contributed by atoms with van der Waals surface area (Å²) in [5.74, 6) is 1.98. The molecule has 0 fully saturated rings. The second-order valence-electron chi connectivity index (χ2n) is 6.41. The number of nitrogens with zero attached hydrogens (tertiary/aromatic N) is 2. The van der Waals surface area contributed by atoms with Crippen LogP contribution in [-0.4, -0.2) is 28.2 Å². The quantitative estimate of drug-likeness (QED) is 0.528. The minimum Gasteiger partial charge on any atom is -0.496 e. The molecule has 1 aliphatic heterocycles. The number of ether oxygens (including phenoxy) is 2. The Morgan fingerprint density at radius 3 is 2.83 bits per heavy atom. The fourth-order valence-electron chi connectivity index (χ4n) is 3.25. The summed E-state index contributed by atoms with van der Waals surface area (Å²) in [6.45, 7) is 0.453. The molecule has 2 aromatic carbocycles. The summed E-state index contributed by atoms with van der Waals surface area (Å²) in [7, 11) is 1.60. The number of methoxy groups -OCH3 is 1. The number of H-pyrrole nitrogens is 1. The fourth-order valence-corrected chi connectivity index (χ4v) is 4.35. The first-order chi connectivity index (χ1) is 14.2. The molecule has 0 saturated carbocycles. The molecule has 0 radical (unpaired) electrons. The van der Waals surface area contributed by atoms with Crippen LogP contribution in [0.15, 0.2) is 54.6 Å². The Morgan fingerprint density at radius 2 is 1.97 bits per heavy atom. The lowest BCUT2D eigenvalue weighted by molar-refractivity contribution is 0.102. The number of benzene rings is 2. The van der Waals surface area contributed by atoms with Crippen LogP contribution in [0.4, 0.5) is 5.95 Å². The number of nitrogens with one attached hydrogen (secondary N) is 2. The van der Waals surface area contributed by atoms with Gasteiger partial charge in [0.1, 0.15) is 18.1 Å². The molecule has 2 aromatic heterocycles. The third kappa shape index (κ3) is 3.13. The zero-order valence-electron chi connectivity index (χ0n) is 15.4. The Hall–Kier alpha value is -3.65. The van der Waals surface area contributed by atoms with Crippen molar-refractivity contribution in [2.24, 2.45) is 0 Å². The van der Waals surface area contributed by atoms with Crippen molar-refractivity contribution < 1.29 is 14.3 Å². The topological polar surface area (TPSA) is 89.1 Å². The number of hydrogen-bond acceptors (Lipinski definition) is 6. The van der Waals surface area contributed by atoms with Gasteiger partial charge >= 0.3 is 0 Å². The van der Waals surface area contributed by atoms with E-state index in [-0.39, 0.29) is 11.9 Å². The number of thiophene rings is 1. The number of fused-ring (bicyclic) bond motifs is 3. The Kier molecular flexibility index (Phi) is 4.25. The summed E-state index contributed by atoms with van der Waals surface area (Å²) in [4.78, 5) is 18.8. The van der Waals surface area contributed by atoms with Gasteiger partial charge in [-0.2, -0.15) is 4.98 Å². The Bertz CT molecular complexity index is 1210. The van der Waals surface area contributed by atoms with Gasteiger partial charge in [-0.25, -0.2) is 0 Å². The zero-order chi connectivity index (χ0) is 19.8. The first-order valence-corrected chi connectivity index (χ1v) is 9.76. The molecule has 8 heteroatoms. The lowest BCUT2D eigenvalue weighted by atomic mass is 10.1. The summed E-state index contributed by atoms with van der Waals surface area (Å²) in [5.41, 5.74) is 2.78. The van der Waals surface area contributed by atoms with E-state index in [4.69, 9.17) is 9.47 Å². The number of aromatic nitrogens is 3. The van der Waals surface area contributed by atoms with Gasteiger partial charge in [0.05, 0.1) is 17.6 Å². The van der Waals surface area contributed by atoms with Gasteiger partial charge in [0.15, 0.2) is 5.82 Å². The highest BCUT2D eigenvalue weighted by Gasteiger charge is 2.23. The molecule has 5 rings (SSSR count). The van der Waals surface area contributed by atoms with Gasteiger partial charge in [-0.05, 0) is 30.3 Å². The third-order valence-corrected chi connectivity index (χ3v) is 5.83. The smallest absolute Gasteiger partial charge is 0.268 e. The summed E-state index contributed by atoms with van der Waals surface area (Å²) >= 11 is 1.44. The van der Waals surface area contributed by atoms with Crippen molar-refractivity contribution in [3.05, 3.63) is 65.0 Å².